The molecule has 0 aliphatic carbocycles. The zero-order valence-electron chi connectivity index (χ0n) is 17.8. The predicted molar refractivity (Wildman–Crippen MR) is 120 cm³/mol. The normalized spacial score (nSPS) is 10.9. The second kappa shape index (κ2) is 8.91. The molecule has 0 aliphatic rings. The van der Waals surface area contributed by atoms with E-state index < -0.39 is 0 Å². The number of aromatic nitrogens is 5. The zero-order valence-corrected chi connectivity index (χ0v) is 17.8. The van der Waals surface area contributed by atoms with E-state index in [-0.39, 0.29) is 18.1 Å². The van der Waals surface area contributed by atoms with Gasteiger partial charge in [-0.2, -0.15) is 4.98 Å². The number of nitrogens with zero attached hydrogens (tertiary/aromatic N) is 5. The van der Waals surface area contributed by atoms with Gasteiger partial charge in [0, 0.05) is 13.5 Å². The number of benzene rings is 3. The van der Waals surface area contributed by atoms with E-state index in [4.69, 9.17) is 9.26 Å². The largest absolute Gasteiger partial charge is 0.457 e. The third-order valence-electron chi connectivity index (χ3n) is 4.95. The number of hydrogen-bond acceptors (Lipinski definition) is 7. The lowest BCUT2D eigenvalue weighted by atomic mass is 10.1. The van der Waals surface area contributed by atoms with E-state index in [9.17, 15) is 4.79 Å². The van der Waals surface area contributed by atoms with E-state index in [1.807, 2.05) is 60.7 Å². The first-order valence-corrected chi connectivity index (χ1v) is 10.4. The van der Waals surface area contributed by atoms with Crippen LogP contribution in [0, 0.1) is 6.92 Å². The smallest absolute Gasteiger partial charge is 0.273 e. The maximum atomic E-state index is 12.5. The molecule has 1 amide bonds. The first-order valence-electron chi connectivity index (χ1n) is 10.4. The lowest BCUT2D eigenvalue weighted by Gasteiger charge is -2.09. The number of nitrogens with one attached hydrogen (secondary N) is 1. The molecule has 0 unspecified atom stereocenters. The van der Waals surface area contributed by atoms with Gasteiger partial charge in [-0.05, 0) is 40.6 Å². The molecule has 5 aromatic rings. The summed E-state index contributed by atoms with van der Waals surface area (Å²) in [6.07, 6.45) is 1.54. The highest BCUT2D eigenvalue weighted by molar-refractivity contribution is 5.91. The maximum Gasteiger partial charge on any atom is 0.273 e. The van der Waals surface area contributed by atoms with Crippen molar-refractivity contribution in [1.82, 2.24) is 30.5 Å². The van der Waals surface area contributed by atoms with Gasteiger partial charge in [-0.3, -0.25) is 4.79 Å². The topological polar surface area (TPSA) is 108 Å². The SMILES string of the molecule is Cc1nc(Cn2cc(C(=O)NCc3cccc(Oc4ccc5ccccc5c4)c3)nn2)no1. The third kappa shape index (κ3) is 4.87. The summed E-state index contributed by atoms with van der Waals surface area (Å²) in [5, 5.41) is 16.8. The molecule has 164 valence electrons. The highest BCUT2D eigenvalue weighted by atomic mass is 16.5. The summed E-state index contributed by atoms with van der Waals surface area (Å²) >= 11 is 0. The Morgan fingerprint density at radius 2 is 1.88 bits per heavy atom. The van der Waals surface area contributed by atoms with Crippen molar-refractivity contribution in [2.24, 2.45) is 0 Å². The molecule has 9 heteroatoms. The number of fused-ring (bicyclic) bond motifs is 1. The van der Waals surface area contributed by atoms with Crippen LogP contribution in [0.25, 0.3) is 10.8 Å². The van der Waals surface area contributed by atoms with Crippen LogP contribution in [0.1, 0.15) is 27.8 Å². The minimum Gasteiger partial charge on any atom is -0.457 e. The molecule has 5 rings (SSSR count). The number of ether oxygens (including phenoxy) is 1. The first kappa shape index (κ1) is 20.4. The standard InChI is InChI=1S/C24H20N6O3/c1-16-26-23(28-33-16)15-30-14-22(27-29-30)24(31)25-13-17-5-4-8-20(11-17)32-21-10-9-18-6-2-3-7-19(18)12-21/h2-12,14H,13,15H2,1H3,(H,25,31). The Labute approximate surface area is 189 Å². The van der Waals surface area contributed by atoms with Gasteiger partial charge in [-0.15, -0.1) is 5.10 Å². The second-order valence-electron chi connectivity index (χ2n) is 7.47. The van der Waals surface area contributed by atoms with Gasteiger partial charge in [0.05, 0.1) is 6.20 Å². The number of carbonyl (C=O) groups is 1. The Bertz CT molecular complexity index is 1420. The minimum atomic E-state index is -0.327. The highest BCUT2D eigenvalue weighted by Gasteiger charge is 2.12. The average molecular weight is 440 g/mol. The predicted octanol–water partition coefficient (Wildman–Crippen LogP) is 3.89. The van der Waals surface area contributed by atoms with E-state index in [2.05, 4.69) is 31.8 Å². The molecule has 9 nitrogen and oxygen atoms in total. The molecule has 33 heavy (non-hydrogen) atoms. The number of rotatable bonds is 7. The summed E-state index contributed by atoms with van der Waals surface area (Å²) in [5.74, 6) is 2.05. The van der Waals surface area contributed by atoms with Crippen molar-refractivity contribution < 1.29 is 14.1 Å². The van der Waals surface area contributed by atoms with Gasteiger partial charge in [-0.25, -0.2) is 4.68 Å². The van der Waals surface area contributed by atoms with Crippen LogP contribution in [0.4, 0.5) is 0 Å². The van der Waals surface area contributed by atoms with Crippen molar-refractivity contribution >= 4 is 16.7 Å². The van der Waals surface area contributed by atoms with Crippen LogP contribution in [-0.4, -0.2) is 31.0 Å². The van der Waals surface area contributed by atoms with Crippen molar-refractivity contribution in [1.29, 1.82) is 0 Å². The number of amides is 1. The molecule has 0 spiro atoms. The van der Waals surface area contributed by atoms with E-state index in [1.165, 1.54) is 4.68 Å². The van der Waals surface area contributed by atoms with E-state index in [0.29, 0.717) is 24.0 Å². The molecule has 3 aromatic carbocycles. The summed E-state index contributed by atoms with van der Waals surface area (Å²) in [5.41, 5.74) is 1.11. The van der Waals surface area contributed by atoms with E-state index >= 15 is 0 Å². The molecule has 0 radical (unpaired) electrons. The van der Waals surface area contributed by atoms with Crippen LogP contribution < -0.4 is 10.1 Å². The molecule has 2 aromatic heterocycles. The second-order valence-corrected chi connectivity index (χ2v) is 7.47. The first-order chi connectivity index (χ1) is 16.1. The molecule has 1 N–H and O–H groups in total. The van der Waals surface area contributed by atoms with Crippen molar-refractivity contribution in [3.05, 3.63) is 95.9 Å². The Morgan fingerprint density at radius 3 is 2.73 bits per heavy atom. The van der Waals surface area contributed by atoms with Crippen LogP contribution >= 0.6 is 0 Å². The molecule has 0 aliphatic heterocycles. The summed E-state index contributed by atoms with van der Waals surface area (Å²) in [4.78, 5) is 16.6. The van der Waals surface area contributed by atoms with Crippen molar-refractivity contribution in [3.8, 4) is 11.5 Å². The lowest BCUT2D eigenvalue weighted by Crippen LogP contribution is -2.23. The van der Waals surface area contributed by atoms with Gasteiger partial charge >= 0.3 is 0 Å². The molecule has 0 saturated heterocycles. The molecule has 0 saturated carbocycles. The fourth-order valence-electron chi connectivity index (χ4n) is 3.39. The zero-order chi connectivity index (χ0) is 22.6. The van der Waals surface area contributed by atoms with Crippen molar-refractivity contribution in [2.75, 3.05) is 0 Å². The molecule has 0 atom stereocenters. The van der Waals surface area contributed by atoms with Gasteiger partial charge in [0.1, 0.15) is 18.0 Å². The van der Waals surface area contributed by atoms with Gasteiger partial charge < -0.3 is 14.6 Å². The van der Waals surface area contributed by atoms with Crippen LogP contribution in [0.3, 0.4) is 0 Å². The number of hydrogen-bond donors (Lipinski definition) is 1. The van der Waals surface area contributed by atoms with Crippen LogP contribution in [0.15, 0.2) is 77.4 Å². The van der Waals surface area contributed by atoms with Gasteiger partial charge in [-0.1, -0.05) is 52.8 Å². The van der Waals surface area contributed by atoms with Gasteiger partial charge in [0.15, 0.2) is 11.5 Å². The summed E-state index contributed by atoms with van der Waals surface area (Å²) in [7, 11) is 0. The third-order valence-corrected chi connectivity index (χ3v) is 4.95. The van der Waals surface area contributed by atoms with Crippen LogP contribution in [0.5, 0.6) is 11.5 Å². The Morgan fingerprint density at radius 1 is 1.03 bits per heavy atom. The minimum absolute atomic E-state index is 0.207. The number of aryl methyl sites for hydroxylation is 1. The Kier molecular flexibility index (Phi) is 5.50. The monoisotopic (exact) mass is 440 g/mol. The molecule has 0 bridgehead atoms. The fourth-order valence-corrected chi connectivity index (χ4v) is 3.39. The molecular formula is C24H20N6O3. The molecular weight excluding hydrogens is 420 g/mol. The van der Waals surface area contributed by atoms with Gasteiger partial charge in [0.25, 0.3) is 5.91 Å². The van der Waals surface area contributed by atoms with Crippen molar-refractivity contribution in [2.45, 2.75) is 20.0 Å². The Hall–Kier alpha value is -4.53. The fraction of sp³-hybridized carbons (Fsp3) is 0.125. The summed E-state index contributed by atoms with van der Waals surface area (Å²) in [6.45, 7) is 2.30. The quantitative estimate of drug-likeness (QED) is 0.409. The number of carbonyl (C=O) groups excluding carboxylic acids is 1. The average Bonchev–Trinajstić information content (AvgIpc) is 3.47. The van der Waals surface area contributed by atoms with E-state index in [1.54, 1.807) is 13.1 Å². The molecule has 0 fully saturated rings. The Balaban J connectivity index is 1.20. The van der Waals surface area contributed by atoms with Crippen molar-refractivity contribution in [3.63, 3.8) is 0 Å². The van der Waals surface area contributed by atoms with E-state index in [0.717, 1.165) is 22.1 Å². The highest BCUT2D eigenvalue weighted by Crippen LogP contribution is 2.26. The van der Waals surface area contributed by atoms with Gasteiger partial charge in [0.2, 0.25) is 5.89 Å². The summed E-state index contributed by atoms with van der Waals surface area (Å²) < 4.78 is 12.4. The van der Waals surface area contributed by atoms with Crippen LogP contribution in [-0.2, 0) is 13.1 Å². The van der Waals surface area contributed by atoms with Crippen LogP contribution in [0.2, 0.25) is 0 Å². The lowest BCUT2D eigenvalue weighted by molar-refractivity contribution is 0.0945. The summed E-state index contributed by atoms with van der Waals surface area (Å²) in [6, 6.07) is 21.7. The maximum absolute atomic E-state index is 12.5. The molecule has 2 heterocycles.